The van der Waals surface area contributed by atoms with Gasteiger partial charge in [-0.3, -0.25) is 9.78 Å². The van der Waals surface area contributed by atoms with Crippen molar-refractivity contribution in [3.63, 3.8) is 0 Å². The summed E-state index contributed by atoms with van der Waals surface area (Å²) in [7, 11) is 0. The Bertz CT molecular complexity index is 479. The molecule has 0 bridgehead atoms. The molecule has 0 aliphatic rings. The summed E-state index contributed by atoms with van der Waals surface area (Å²) in [5.74, 6) is -0.227. The van der Waals surface area contributed by atoms with Crippen molar-refractivity contribution in [2.45, 2.75) is 6.92 Å². The molecule has 0 aliphatic carbocycles. The minimum Gasteiger partial charge on any atom is -0.262 e. The number of amides is 1. The van der Waals surface area contributed by atoms with Gasteiger partial charge < -0.3 is 0 Å². The van der Waals surface area contributed by atoms with Gasteiger partial charge in [0.1, 0.15) is 5.69 Å². The molecular weight excluding hydrogens is 202 g/mol. The molecule has 4 heteroatoms. The third kappa shape index (κ3) is 2.42. The first-order chi connectivity index (χ1) is 7.75. The molecule has 2 aromatic heterocycles. The number of hydrogen-bond acceptors (Lipinski definition) is 2. The number of aryl methyl sites for hydroxylation is 1. The molecule has 0 radical (unpaired) electrons. The fourth-order valence-electron chi connectivity index (χ4n) is 1.25. The number of nitrogens with zero attached hydrogens (tertiary/aromatic N) is 2. The fraction of sp³-hybridized carbons (Fsp3) is 0.0833. The molecule has 1 N–H and O–H groups in total. The van der Waals surface area contributed by atoms with Crippen LogP contribution in [-0.4, -0.2) is 10.9 Å². The molecule has 4 nitrogen and oxygen atoms in total. The zero-order valence-corrected chi connectivity index (χ0v) is 8.92. The molecule has 0 fully saturated rings. The normalized spacial score (nSPS) is 9.81. The number of carbonyl (C=O) groups is 1. The van der Waals surface area contributed by atoms with Crippen LogP contribution in [0.2, 0.25) is 0 Å². The summed E-state index contributed by atoms with van der Waals surface area (Å²) in [5.41, 5.74) is 4.24. The van der Waals surface area contributed by atoms with E-state index in [9.17, 15) is 4.79 Å². The van der Waals surface area contributed by atoms with Gasteiger partial charge in [0.2, 0.25) is 0 Å². The Morgan fingerprint density at radius 3 is 2.62 bits per heavy atom. The van der Waals surface area contributed by atoms with E-state index in [1.165, 1.54) is 0 Å². The van der Waals surface area contributed by atoms with Gasteiger partial charge in [-0.05, 0) is 24.6 Å². The first-order valence-electron chi connectivity index (χ1n) is 4.96. The van der Waals surface area contributed by atoms with Crippen LogP contribution in [0, 0.1) is 6.92 Å². The maximum atomic E-state index is 11.7. The molecule has 16 heavy (non-hydrogen) atoms. The zero-order chi connectivity index (χ0) is 11.4. The summed E-state index contributed by atoms with van der Waals surface area (Å²) >= 11 is 0. The van der Waals surface area contributed by atoms with E-state index in [0.717, 1.165) is 5.56 Å². The van der Waals surface area contributed by atoms with E-state index >= 15 is 0 Å². The van der Waals surface area contributed by atoms with Crippen LogP contribution in [0.3, 0.4) is 0 Å². The zero-order valence-electron chi connectivity index (χ0n) is 8.92. The highest BCUT2D eigenvalue weighted by molar-refractivity contribution is 5.96. The Hall–Kier alpha value is -2.23. The topological polar surface area (TPSA) is 45.9 Å². The number of hydrogen-bond donors (Lipinski definition) is 1. The minimum absolute atomic E-state index is 0.227. The molecule has 2 rings (SSSR count). The molecule has 0 aliphatic heterocycles. The largest absolute Gasteiger partial charge is 0.323 e. The molecule has 0 saturated heterocycles. The predicted molar refractivity (Wildman–Crippen MR) is 59.3 cm³/mol. The van der Waals surface area contributed by atoms with Crippen LogP contribution < -0.4 is 10.1 Å². The van der Waals surface area contributed by atoms with Crippen LogP contribution >= 0.6 is 0 Å². The lowest BCUT2D eigenvalue weighted by molar-refractivity contribution is -0.641. The van der Waals surface area contributed by atoms with Gasteiger partial charge in [-0.25, -0.2) is 0 Å². The van der Waals surface area contributed by atoms with Crippen molar-refractivity contribution in [1.82, 2.24) is 4.98 Å². The molecule has 0 atom stereocenters. The van der Waals surface area contributed by atoms with E-state index < -0.39 is 0 Å². The molecule has 0 unspecified atom stereocenters. The van der Waals surface area contributed by atoms with Gasteiger partial charge in [0.25, 0.3) is 0 Å². The highest BCUT2D eigenvalue weighted by Gasteiger charge is 2.10. The number of aromatic nitrogens is 2. The van der Waals surface area contributed by atoms with Crippen LogP contribution in [0.15, 0.2) is 48.9 Å². The van der Waals surface area contributed by atoms with Gasteiger partial charge in [-0.2, -0.15) is 0 Å². The average molecular weight is 214 g/mol. The molecule has 0 saturated carbocycles. The van der Waals surface area contributed by atoms with Gasteiger partial charge in [0.05, 0.1) is 0 Å². The van der Waals surface area contributed by atoms with Gasteiger partial charge in [-0.15, -0.1) is 5.43 Å². The lowest BCUT2D eigenvalue weighted by Gasteiger charge is -1.98. The van der Waals surface area contributed by atoms with Crippen molar-refractivity contribution in [3.8, 4) is 0 Å². The minimum atomic E-state index is -0.227. The van der Waals surface area contributed by atoms with Crippen LogP contribution in [-0.2, 0) is 0 Å². The van der Waals surface area contributed by atoms with E-state index in [1.807, 2.05) is 19.1 Å². The monoisotopic (exact) mass is 214 g/mol. The maximum Gasteiger partial charge on any atom is 0.323 e. The Morgan fingerprint density at radius 2 is 2.00 bits per heavy atom. The number of rotatable bonds is 2. The molecule has 80 valence electrons. The molecule has 1 amide bonds. The van der Waals surface area contributed by atoms with E-state index in [-0.39, 0.29) is 5.91 Å². The summed E-state index contributed by atoms with van der Waals surface area (Å²) in [4.78, 5) is 15.7. The number of carbonyl (C=O) groups excluding carboxylic acids is 1. The van der Waals surface area contributed by atoms with Crippen LogP contribution in [0.1, 0.15) is 16.1 Å². The fourth-order valence-corrected chi connectivity index (χ4v) is 1.25. The molecule has 2 aromatic rings. The van der Waals surface area contributed by atoms with Crippen LogP contribution in [0.25, 0.3) is 0 Å². The third-order valence-corrected chi connectivity index (χ3v) is 2.12. The lowest BCUT2D eigenvalue weighted by Crippen LogP contribution is -2.47. The van der Waals surface area contributed by atoms with Gasteiger partial charge in [0.15, 0.2) is 12.4 Å². The second-order valence-corrected chi connectivity index (χ2v) is 3.44. The highest BCUT2D eigenvalue weighted by atomic mass is 16.2. The maximum absolute atomic E-state index is 11.7. The number of nitrogens with one attached hydrogen (secondary N) is 1. The van der Waals surface area contributed by atoms with Gasteiger partial charge in [-0.1, -0.05) is 10.7 Å². The van der Waals surface area contributed by atoms with E-state index in [1.54, 1.807) is 41.5 Å². The van der Waals surface area contributed by atoms with E-state index in [2.05, 4.69) is 10.4 Å². The highest BCUT2D eigenvalue weighted by Crippen LogP contribution is 1.93. The quantitative estimate of drug-likeness (QED) is 0.760. The van der Waals surface area contributed by atoms with Crippen molar-refractivity contribution in [2.24, 2.45) is 0 Å². The molecule has 2 heterocycles. The van der Waals surface area contributed by atoms with Crippen molar-refractivity contribution in [3.05, 3.63) is 60.2 Å². The standard InChI is InChI=1S/C12H11N3O/c1-10-5-8-15(9-6-10)14-12(16)11-4-2-3-7-13-11/h2-9H,1H3/p+1. The van der Waals surface area contributed by atoms with Crippen LogP contribution in [0.4, 0.5) is 0 Å². The molecule has 0 aromatic carbocycles. The van der Waals surface area contributed by atoms with Crippen molar-refractivity contribution < 1.29 is 9.47 Å². The van der Waals surface area contributed by atoms with Crippen molar-refractivity contribution in [2.75, 3.05) is 5.43 Å². The first-order valence-corrected chi connectivity index (χ1v) is 4.96. The summed E-state index contributed by atoms with van der Waals surface area (Å²) in [6.07, 6.45) is 5.17. The molecule has 0 spiro atoms. The Kier molecular flexibility index (Phi) is 2.91. The van der Waals surface area contributed by atoms with E-state index in [4.69, 9.17) is 0 Å². The predicted octanol–water partition coefficient (Wildman–Crippen LogP) is 1.06. The second kappa shape index (κ2) is 4.53. The first kappa shape index (κ1) is 10.3. The lowest BCUT2D eigenvalue weighted by atomic mass is 10.3. The Labute approximate surface area is 93.5 Å². The second-order valence-electron chi connectivity index (χ2n) is 3.44. The van der Waals surface area contributed by atoms with Gasteiger partial charge >= 0.3 is 5.91 Å². The number of pyridine rings is 2. The summed E-state index contributed by atoms with van der Waals surface area (Å²) < 4.78 is 1.60. The average Bonchev–Trinajstić information content (AvgIpc) is 2.33. The Morgan fingerprint density at radius 1 is 1.25 bits per heavy atom. The molecular formula is C12H12N3O+. The smallest absolute Gasteiger partial charge is 0.262 e. The summed E-state index contributed by atoms with van der Waals surface area (Å²) in [6, 6.07) is 9.05. The summed E-state index contributed by atoms with van der Waals surface area (Å²) in [5, 5.41) is 0. The van der Waals surface area contributed by atoms with Gasteiger partial charge in [0, 0.05) is 18.3 Å². The Balaban J connectivity index is 2.11. The van der Waals surface area contributed by atoms with Crippen molar-refractivity contribution >= 4 is 5.91 Å². The third-order valence-electron chi connectivity index (χ3n) is 2.12. The SMILES string of the molecule is Cc1cc[n+](NC(=O)c2ccccn2)cc1. The van der Waals surface area contributed by atoms with Crippen LogP contribution in [0.5, 0.6) is 0 Å². The summed E-state index contributed by atoms with van der Waals surface area (Å²) in [6.45, 7) is 1.99. The van der Waals surface area contributed by atoms with Crippen molar-refractivity contribution in [1.29, 1.82) is 0 Å². The van der Waals surface area contributed by atoms with E-state index in [0.29, 0.717) is 5.69 Å².